The van der Waals surface area contributed by atoms with Gasteiger partial charge in [0.1, 0.15) is 0 Å². The summed E-state index contributed by atoms with van der Waals surface area (Å²) in [5.74, 6) is 0.884. The summed E-state index contributed by atoms with van der Waals surface area (Å²) in [6.45, 7) is 3.94. The first-order valence-electron chi connectivity index (χ1n) is 7.38. The van der Waals surface area contributed by atoms with Crippen LogP contribution in [0.1, 0.15) is 66.4 Å². The largest absolute Gasteiger partial charge is 0.294 e. The van der Waals surface area contributed by atoms with Gasteiger partial charge in [-0.2, -0.15) is 0 Å². The second-order valence-electron chi connectivity index (χ2n) is 5.90. The number of ketones is 1. The van der Waals surface area contributed by atoms with Gasteiger partial charge in [0.2, 0.25) is 0 Å². The van der Waals surface area contributed by atoms with Gasteiger partial charge in [0.25, 0.3) is 0 Å². The van der Waals surface area contributed by atoms with Crippen LogP contribution >= 0.6 is 11.6 Å². The Labute approximate surface area is 121 Å². The summed E-state index contributed by atoms with van der Waals surface area (Å²) in [5.41, 5.74) is 2.87. The number of benzene rings is 1. The van der Waals surface area contributed by atoms with Gasteiger partial charge in [-0.15, -0.1) is 0 Å². The Balaban J connectivity index is 2.08. The highest BCUT2D eigenvalue weighted by Gasteiger charge is 2.18. The van der Waals surface area contributed by atoms with Crippen LogP contribution in [-0.2, 0) is 0 Å². The maximum absolute atomic E-state index is 12.5. The molecule has 2 rings (SSSR count). The maximum atomic E-state index is 12.5. The average Bonchev–Trinajstić information content (AvgIpc) is 2.62. The van der Waals surface area contributed by atoms with Gasteiger partial charge >= 0.3 is 0 Å². The highest BCUT2D eigenvalue weighted by Crippen LogP contribution is 2.28. The number of aryl methyl sites for hydroxylation is 2. The lowest BCUT2D eigenvalue weighted by Gasteiger charge is -2.14. The van der Waals surface area contributed by atoms with E-state index in [0.29, 0.717) is 18.1 Å². The third kappa shape index (κ3) is 3.82. The van der Waals surface area contributed by atoms with Gasteiger partial charge in [0.05, 0.1) is 0 Å². The maximum Gasteiger partial charge on any atom is 0.163 e. The van der Waals surface area contributed by atoms with Gasteiger partial charge in [0.15, 0.2) is 5.78 Å². The van der Waals surface area contributed by atoms with Crippen molar-refractivity contribution in [3.8, 4) is 0 Å². The summed E-state index contributed by atoms with van der Waals surface area (Å²) in [5, 5.41) is 0.753. The summed E-state index contributed by atoms with van der Waals surface area (Å²) in [7, 11) is 0. The predicted octanol–water partition coefficient (Wildman–Crippen LogP) is 5.50. The number of carbonyl (C=O) groups is 1. The Morgan fingerprint density at radius 2 is 1.74 bits per heavy atom. The summed E-state index contributed by atoms with van der Waals surface area (Å²) in [6.07, 6.45) is 8.40. The number of carbonyl (C=O) groups excluding carboxylic acids is 1. The normalized spacial score (nSPS) is 17.2. The molecule has 1 nitrogen and oxygen atoms in total. The zero-order valence-electron chi connectivity index (χ0n) is 12.0. The lowest BCUT2D eigenvalue weighted by molar-refractivity contribution is 0.0956. The van der Waals surface area contributed by atoms with Crippen molar-refractivity contribution < 1.29 is 4.79 Å². The highest BCUT2D eigenvalue weighted by atomic mass is 35.5. The molecular formula is C17H23ClO. The van der Waals surface area contributed by atoms with E-state index in [2.05, 4.69) is 0 Å². The molecule has 1 fully saturated rings. The summed E-state index contributed by atoms with van der Waals surface area (Å²) < 4.78 is 0. The summed E-state index contributed by atoms with van der Waals surface area (Å²) in [4.78, 5) is 12.5. The Hall–Kier alpha value is -0.820. The second kappa shape index (κ2) is 6.56. The van der Waals surface area contributed by atoms with E-state index < -0.39 is 0 Å². The van der Waals surface area contributed by atoms with E-state index in [0.717, 1.165) is 21.7 Å². The summed E-state index contributed by atoms with van der Waals surface area (Å²) >= 11 is 6.09. The molecule has 0 N–H and O–H groups in total. The van der Waals surface area contributed by atoms with E-state index in [9.17, 15) is 4.79 Å². The van der Waals surface area contributed by atoms with Crippen LogP contribution in [0, 0.1) is 19.8 Å². The standard InChI is InChI=1S/C17H23ClO/c1-12-10-16(18)13(2)9-15(12)17(19)11-14-7-5-3-4-6-8-14/h9-10,14H,3-8,11H2,1-2H3. The molecule has 0 aromatic heterocycles. The van der Waals surface area contributed by atoms with Crippen LogP contribution in [0.15, 0.2) is 12.1 Å². The van der Waals surface area contributed by atoms with Crippen LogP contribution in [0.5, 0.6) is 0 Å². The molecule has 19 heavy (non-hydrogen) atoms. The zero-order valence-corrected chi connectivity index (χ0v) is 12.7. The van der Waals surface area contributed by atoms with Crippen LogP contribution in [0.25, 0.3) is 0 Å². The van der Waals surface area contributed by atoms with Crippen LogP contribution in [-0.4, -0.2) is 5.78 Å². The fourth-order valence-corrected chi connectivity index (χ4v) is 3.24. The molecule has 0 heterocycles. The third-order valence-corrected chi connectivity index (χ3v) is 4.66. The molecule has 0 spiro atoms. The molecular weight excluding hydrogens is 256 g/mol. The van der Waals surface area contributed by atoms with Gasteiger partial charge in [-0.3, -0.25) is 4.79 Å². The van der Waals surface area contributed by atoms with E-state index in [1.54, 1.807) is 0 Å². The number of halogens is 1. The molecule has 1 saturated carbocycles. The van der Waals surface area contributed by atoms with Crippen LogP contribution in [0.4, 0.5) is 0 Å². The van der Waals surface area contributed by atoms with Crippen molar-refractivity contribution in [1.29, 1.82) is 0 Å². The molecule has 1 aromatic rings. The SMILES string of the molecule is Cc1cc(C(=O)CC2CCCCCC2)c(C)cc1Cl. The first-order valence-corrected chi connectivity index (χ1v) is 7.75. The number of hydrogen-bond donors (Lipinski definition) is 0. The van der Waals surface area contributed by atoms with Crippen molar-refractivity contribution in [2.45, 2.75) is 58.8 Å². The zero-order chi connectivity index (χ0) is 13.8. The smallest absolute Gasteiger partial charge is 0.163 e. The van der Waals surface area contributed by atoms with Crippen LogP contribution in [0.2, 0.25) is 5.02 Å². The molecule has 0 amide bonds. The number of hydrogen-bond acceptors (Lipinski definition) is 1. The minimum atomic E-state index is 0.296. The first-order chi connectivity index (χ1) is 9.08. The molecule has 104 valence electrons. The van der Waals surface area contributed by atoms with E-state index in [1.165, 1.54) is 38.5 Å². The van der Waals surface area contributed by atoms with Gasteiger partial charge in [-0.25, -0.2) is 0 Å². The van der Waals surface area contributed by atoms with Crippen LogP contribution < -0.4 is 0 Å². The van der Waals surface area contributed by atoms with Crippen molar-refractivity contribution in [3.63, 3.8) is 0 Å². The third-order valence-electron chi connectivity index (χ3n) is 4.25. The van der Waals surface area contributed by atoms with Gasteiger partial charge in [-0.1, -0.05) is 50.1 Å². The monoisotopic (exact) mass is 278 g/mol. The molecule has 1 aliphatic rings. The summed E-state index contributed by atoms with van der Waals surface area (Å²) in [6, 6.07) is 3.87. The molecule has 0 unspecified atom stereocenters. The minimum Gasteiger partial charge on any atom is -0.294 e. The molecule has 0 radical (unpaired) electrons. The molecule has 1 aliphatic carbocycles. The molecule has 0 saturated heterocycles. The minimum absolute atomic E-state index is 0.296. The quantitative estimate of drug-likeness (QED) is 0.527. The van der Waals surface area contributed by atoms with Crippen molar-refractivity contribution in [2.24, 2.45) is 5.92 Å². The van der Waals surface area contributed by atoms with E-state index >= 15 is 0 Å². The Kier molecular flexibility index (Phi) is 5.04. The Bertz CT molecular complexity index is 457. The molecule has 0 bridgehead atoms. The van der Waals surface area contributed by atoms with E-state index in [1.807, 2.05) is 26.0 Å². The second-order valence-corrected chi connectivity index (χ2v) is 6.31. The Morgan fingerprint density at radius 1 is 1.11 bits per heavy atom. The predicted molar refractivity (Wildman–Crippen MR) is 81.1 cm³/mol. The fraction of sp³-hybridized carbons (Fsp3) is 0.588. The van der Waals surface area contributed by atoms with Crippen LogP contribution in [0.3, 0.4) is 0 Å². The number of Topliss-reactive ketones (excluding diaryl/α,β-unsaturated/α-hetero) is 1. The van der Waals surface area contributed by atoms with Gasteiger partial charge < -0.3 is 0 Å². The van der Waals surface area contributed by atoms with Crippen molar-refractivity contribution in [1.82, 2.24) is 0 Å². The van der Waals surface area contributed by atoms with Gasteiger partial charge in [0, 0.05) is 17.0 Å². The molecule has 2 heteroatoms. The average molecular weight is 279 g/mol. The van der Waals surface area contributed by atoms with Crippen molar-refractivity contribution >= 4 is 17.4 Å². The lowest BCUT2D eigenvalue weighted by Crippen LogP contribution is -2.10. The number of rotatable bonds is 3. The molecule has 0 atom stereocenters. The van der Waals surface area contributed by atoms with E-state index in [4.69, 9.17) is 11.6 Å². The van der Waals surface area contributed by atoms with E-state index in [-0.39, 0.29) is 0 Å². The molecule has 0 aliphatic heterocycles. The first kappa shape index (κ1) is 14.6. The lowest BCUT2D eigenvalue weighted by atomic mass is 9.90. The Morgan fingerprint density at radius 3 is 2.37 bits per heavy atom. The van der Waals surface area contributed by atoms with Crippen molar-refractivity contribution in [3.05, 3.63) is 33.8 Å². The molecule has 1 aromatic carbocycles. The fourth-order valence-electron chi connectivity index (χ4n) is 3.02. The highest BCUT2D eigenvalue weighted by molar-refractivity contribution is 6.31. The van der Waals surface area contributed by atoms with Crippen molar-refractivity contribution in [2.75, 3.05) is 0 Å². The van der Waals surface area contributed by atoms with Gasteiger partial charge in [-0.05, 0) is 43.0 Å². The topological polar surface area (TPSA) is 17.1 Å².